The van der Waals surface area contributed by atoms with E-state index in [1.807, 2.05) is 6.07 Å². The number of nitrogens with one attached hydrogen (secondary N) is 1. The minimum absolute atomic E-state index is 0.0369. The standard InChI is InChI=1S/C18H14ClIN2O3/c1-24-16-7-11(15(20)9-17(16)25-2)6-12(10-21)18(23)22-14-5-3-4-13(19)8-14/h3-9H,1-2H3,(H,22,23)/b12-6+. The van der Waals surface area contributed by atoms with Crippen molar-refractivity contribution < 1.29 is 14.3 Å². The van der Waals surface area contributed by atoms with E-state index in [0.717, 1.165) is 3.57 Å². The molecule has 2 rings (SSSR count). The summed E-state index contributed by atoms with van der Waals surface area (Å²) in [7, 11) is 3.07. The summed E-state index contributed by atoms with van der Waals surface area (Å²) in [4.78, 5) is 12.3. The number of nitriles is 1. The van der Waals surface area contributed by atoms with Gasteiger partial charge in [-0.05, 0) is 64.6 Å². The number of benzene rings is 2. The molecule has 0 atom stereocenters. The number of anilines is 1. The van der Waals surface area contributed by atoms with Crippen LogP contribution in [0.2, 0.25) is 5.02 Å². The van der Waals surface area contributed by atoms with E-state index >= 15 is 0 Å². The normalized spacial score (nSPS) is 10.8. The van der Waals surface area contributed by atoms with Crippen LogP contribution in [0.3, 0.4) is 0 Å². The molecule has 0 aromatic heterocycles. The monoisotopic (exact) mass is 468 g/mol. The zero-order valence-corrected chi connectivity index (χ0v) is 16.4. The molecule has 0 bridgehead atoms. The smallest absolute Gasteiger partial charge is 0.266 e. The molecule has 2 aromatic carbocycles. The third-order valence-electron chi connectivity index (χ3n) is 3.25. The maximum Gasteiger partial charge on any atom is 0.266 e. The molecule has 0 aliphatic heterocycles. The van der Waals surface area contributed by atoms with Gasteiger partial charge in [-0.2, -0.15) is 5.26 Å². The molecule has 0 spiro atoms. The predicted molar refractivity (Wildman–Crippen MR) is 106 cm³/mol. The van der Waals surface area contributed by atoms with Gasteiger partial charge in [-0.3, -0.25) is 4.79 Å². The third kappa shape index (κ3) is 4.87. The minimum Gasteiger partial charge on any atom is -0.493 e. The van der Waals surface area contributed by atoms with E-state index in [1.165, 1.54) is 13.2 Å². The second kappa shape index (κ2) is 8.74. The predicted octanol–water partition coefficient (Wildman–Crippen LogP) is 4.51. The van der Waals surface area contributed by atoms with E-state index in [-0.39, 0.29) is 5.57 Å². The van der Waals surface area contributed by atoms with Crippen LogP contribution in [0, 0.1) is 14.9 Å². The molecule has 0 heterocycles. The third-order valence-corrected chi connectivity index (χ3v) is 4.42. The lowest BCUT2D eigenvalue weighted by Crippen LogP contribution is -2.13. The van der Waals surface area contributed by atoms with E-state index in [9.17, 15) is 10.1 Å². The number of amides is 1. The largest absolute Gasteiger partial charge is 0.493 e. The van der Waals surface area contributed by atoms with Crippen LogP contribution >= 0.6 is 34.2 Å². The average molecular weight is 469 g/mol. The van der Waals surface area contributed by atoms with Crippen molar-refractivity contribution in [1.82, 2.24) is 0 Å². The summed E-state index contributed by atoms with van der Waals surface area (Å²) >= 11 is 8.00. The average Bonchev–Trinajstić information content (AvgIpc) is 2.60. The number of rotatable bonds is 5. The van der Waals surface area contributed by atoms with Gasteiger partial charge in [0.2, 0.25) is 0 Å². The van der Waals surface area contributed by atoms with Gasteiger partial charge in [-0.25, -0.2) is 0 Å². The highest BCUT2D eigenvalue weighted by Crippen LogP contribution is 2.32. The highest BCUT2D eigenvalue weighted by molar-refractivity contribution is 14.1. The molecular weight excluding hydrogens is 455 g/mol. The fourth-order valence-corrected chi connectivity index (χ4v) is 2.83. The zero-order chi connectivity index (χ0) is 18.4. The summed E-state index contributed by atoms with van der Waals surface area (Å²) in [5.41, 5.74) is 1.15. The molecule has 1 N–H and O–H groups in total. The van der Waals surface area contributed by atoms with E-state index in [2.05, 4.69) is 27.9 Å². The first-order valence-electron chi connectivity index (χ1n) is 7.08. The summed E-state index contributed by atoms with van der Waals surface area (Å²) in [5.74, 6) is 0.572. The molecule has 0 saturated carbocycles. The summed E-state index contributed by atoms with van der Waals surface area (Å²) < 4.78 is 11.3. The van der Waals surface area contributed by atoms with Crippen LogP contribution in [-0.4, -0.2) is 20.1 Å². The Morgan fingerprint density at radius 1 is 1.24 bits per heavy atom. The lowest BCUT2D eigenvalue weighted by atomic mass is 10.1. The Morgan fingerprint density at radius 3 is 2.52 bits per heavy atom. The van der Waals surface area contributed by atoms with Crippen molar-refractivity contribution in [2.75, 3.05) is 19.5 Å². The Bertz CT molecular complexity index is 875. The number of methoxy groups -OCH3 is 2. The van der Waals surface area contributed by atoms with Crippen LogP contribution in [0.1, 0.15) is 5.56 Å². The van der Waals surface area contributed by atoms with E-state index < -0.39 is 5.91 Å². The maximum absolute atomic E-state index is 12.3. The molecule has 0 saturated heterocycles. The van der Waals surface area contributed by atoms with Crippen LogP contribution < -0.4 is 14.8 Å². The Labute approximate surface area is 164 Å². The van der Waals surface area contributed by atoms with Gasteiger partial charge < -0.3 is 14.8 Å². The van der Waals surface area contributed by atoms with Gasteiger partial charge in [-0.1, -0.05) is 17.7 Å². The topological polar surface area (TPSA) is 71.3 Å². The highest BCUT2D eigenvalue weighted by Gasteiger charge is 2.13. The van der Waals surface area contributed by atoms with Gasteiger partial charge in [0, 0.05) is 14.3 Å². The number of hydrogen-bond donors (Lipinski definition) is 1. The zero-order valence-electron chi connectivity index (χ0n) is 13.5. The van der Waals surface area contributed by atoms with Crippen LogP contribution in [0.15, 0.2) is 42.0 Å². The molecule has 0 aliphatic rings. The quantitative estimate of drug-likeness (QED) is 0.398. The second-order valence-corrected chi connectivity index (χ2v) is 6.46. The van der Waals surface area contributed by atoms with E-state index in [4.69, 9.17) is 21.1 Å². The maximum atomic E-state index is 12.3. The molecular formula is C18H14ClIN2O3. The van der Waals surface area contributed by atoms with Gasteiger partial charge in [0.05, 0.1) is 14.2 Å². The van der Waals surface area contributed by atoms with Crippen molar-refractivity contribution >= 4 is 51.9 Å². The fourth-order valence-electron chi connectivity index (χ4n) is 2.05. The number of halogens is 2. The molecule has 25 heavy (non-hydrogen) atoms. The van der Waals surface area contributed by atoms with Crippen molar-refractivity contribution in [3.63, 3.8) is 0 Å². The van der Waals surface area contributed by atoms with Crippen LogP contribution in [0.25, 0.3) is 6.08 Å². The van der Waals surface area contributed by atoms with Crippen molar-refractivity contribution in [2.24, 2.45) is 0 Å². The Balaban J connectivity index is 2.34. The molecule has 128 valence electrons. The molecule has 2 aromatic rings. The van der Waals surface area contributed by atoms with Crippen molar-refractivity contribution in [2.45, 2.75) is 0 Å². The molecule has 5 nitrogen and oxygen atoms in total. The van der Waals surface area contributed by atoms with Gasteiger partial charge in [-0.15, -0.1) is 0 Å². The fraction of sp³-hybridized carbons (Fsp3) is 0.111. The summed E-state index contributed by atoms with van der Waals surface area (Å²) in [6.07, 6.45) is 1.50. The number of hydrogen-bond acceptors (Lipinski definition) is 4. The summed E-state index contributed by atoms with van der Waals surface area (Å²) in [6, 6.07) is 12.1. The summed E-state index contributed by atoms with van der Waals surface area (Å²) in [6.45, 7) is 0. The first-order valence-corrected chi connectivity index (χ1v) is 8.54. The van der Waals surface area contributed by atoms with Crippen LogP contribution in [-0.2, 0) is 4.79 Å². The number of nitrogens with zero attached hydrogens (tertiary/aromatic N) is 1. The van der Waals surface area contributed by atoms with Gasteiger partial charge in [0.15, 0.2) is 11.5 Å². The number of carbonyl (C=O) groups excluding carboxylic acids is 1. The van der Waals surface area contributed by atoms with Gasteiger partial charge >= 0.3 is 0 Å². The van der Waals surface area contributed by atoms with E-state index in [1.54, 1.807) is 43.5 Å². The highest BCUT2D eigenvalue weighted by atomic mass is 127. The minimum atomic E-state index is -0.518. The molecule has 0 unspecified atom stereocenters. The SMILES string of the molecule is COc1cc(I)c(/C=C(\C#N)C(=O)Nc2cccc(Cl)c2)cc1OC. The molecule has 0 aliphatic carbocycles. The van der Waals surface area contributed by atoms with Crippen molar-refractivity contribution in [3.05, 3.63) is 56.1 Å². The number of carbonyl (C=O) groups is 1. The molecule has 0 radical (unpaired) electrons. The van der Waals surface area contributed by atoms with Gasteiger partial charge in [0.1, 0.15) is 11.6 Å². The first-order chi connectivity index (χ1) is 12.0. The lowest BCUT2D eigenvalue weighted by molar-refractivity contribution is -0.112. The lowest BCUT2D eigenvalue weighted by Gasteiger charge is -2.10. The van der Waals surface area contributed by atoms with Crippen molar-refractivity contribution in [3.8, 4) is 17.6 Å². The molecule has 7 heteroatoms. The Kier molecular flexibility index (Phi) is 6.67. The first kappa shape index (κ1) is 19.1. The van der Waals surface area contributed by atoms with Gasteiger partial charge in [0.25, 0.3) is 5.91 Å². The second-order valence-electron chi connectivity index (χ2n) is 4.86. The molecule has 1 amide bonds. The molecule has 0 fully saturated rings. The van der Waals surface area contributed by atoms with Crippen LogP contribution in [0.5, 0.6) is 11.5 Å². The van der Waals surface area contributed by atoms with E-state index in [0.29, 0.717) is 27.8 Å². The summed E-state index contributed by atoms with van der Waals surface area (Å²) in [5, 5.41) is 12.5. The van der Waals surface area contributed by atoms with Crippen LogP contribution in [0.4, 0.5) is 5.69 Å². The Morgan fingerprint density at radius 2 is 1.92 bits per heavy atom. The Hall–Kier alpha value is -2.24. The number of ether oxygens (including phenoxy) is 2. The van der Waals surface area contributed by atoms with Crippen molar-refractivity contribution in [1.29, 1.82) is 5.26 Å².